The van der Waals surface area contributed by atoms with E-state index in [-0.39, 0.29) is 6.61 Å². The van der Waals surface area contributed by atoms with Crippen LogP contribution in [0.4, 0.5) is 23.2 Å². The Labute approximate surface area is 168 Å². The summed E-state index contributed by atoms with van der Waals surface area (Å²) in [5, 5.41) is 0. The smallest absolute Gasteiger partial charge is 0.404 e. The molecule has 2 unspecified atom stereocenters. The summed E-state index contributed by atoms with van der Waals surface area (Å²) >= 11 is 0. The van der Waals surface area contributed by atoms with E-state index < -0.39 is 68.9 Å². The second-order valence-corrected chi connectivity index (χ2v) is 8.48. The summed E-state index contributed by atoms with van der Waals surface area (Å²) in [5.41, 5.74) is 3.75. The van der Waals surface area contributed by atoms with E-state index in [0.29, 0.717) is 12.1 Å². The highest BCUT2D eigenvalue weighted by molar-refractivity contribution is 7.92. The van der Waals surface area contributed by atoms with Crippen molar-refractivity contribution in [3.63, 3.8) is 0 Å². The summed E-state index contributed by atoms with van der Waals surface area (Å²) in [6, 6.07) is 1.98. The molecule has 2 atom stereocenters. The van der Waals surface area contributed by atoms with E-state index >= 15 is 0 Å². The van der Waals surface area contributed by atoms with Gasteiger partial charge in [-0.05, 0) is 32.0 Å². The number of sulfonamides is 1. The number of carbonyl (C=O) groups excluding carboxylic acids is 2. The van der Waals surface area contributed by atoms with E-state index in [4.69, 9.17) is 19.9 Å². The SMILES string of the molecule is CC1(C)OCC(C(OC(=O)c2cc(F)ccc2NS(=O)(=O)CC(F)(F)F)C(N)=O)O1. The third kappa shape index (κ3) is 6.53. The predicted octanol–water partition coefficient (Wildman–Crippen LogP) is 1.29. The van der Waals surface area contributed by atoms with Crippen molar-refractivity contribution in [2.24, 2.45) is 5.73 Å². The third-order valence-corrected chi connectivity index (χ3v) is 4.94. The van der Waals surface area contributed by atoms with Crippen LogP contribution in [0.3, 0.4) is 0 Å². The van der Waals surface area contributed by atoms with Crippen LogP contribution in [-0.2, 0) is 29.0 Å². The molecule has 3 N–H and O–H groups in total. The van der Waals surface area contributed by atoms with Gasteiger partial charge in [-0.1, -0.05) is 0 Å². The molecule has 1 amide bonds. The van der Waals surface area contributed by atoms with Crippen molar-refractivity contribution in [3.05, 3.63) is 29.6 Å². The molecular formula is C16H18F4N2O7S. The molecule has 1 aliphatic rings. The fraction of sp³-hybridized carbons (Fsp3) is 0.500. The summed E-state index contributed by atoms with van der Waals surface area (Å²) in [4.78, 5) is 24.2. The number of benzene rings is 1. The van der Waals surface area contributed by atoms with Gasteiger partial charge in [0.2, 0.25) is 16.1 Å². The number of alkyl halides is 3. The first-order valence-corrected chi connectivity index (χ1v) is 9.93. The molecule has 1 heterocycles. The molecule has 1 fully saturated rings. The van der Waals surface area contributed by atoms with Crippen molar-refractivity contribution < 1.29 is 49.8 Å². The van der Waals surface area contributed by atoms with Crippen LogP contribution in [0.2, 0.25) is 0 Å². The van der Waals surface area contributed by atoms with Crippen molar-refractivity contribution in [1.29, 1.82) is 0 Å². The minimum atomic E-state index is -5.06. The van der Waals surface area contributed by atoms with Gasteiger partial charge < -0.3 is 19.9 Å². The van der Waals surface area contributed by atoms with Gasteiger partial charge in [-0.3, -0.25) is 9.52 Å². The average Bonchev–Trinajstić information content (AvgIpc) is 2.90. The maximum absolute atomic E-state index is 13.6. The third-order valence-electron chi connectivity index (χ3n) is 3.70. The lowest BCUT2D eigenvalue weighted by Gasteiger charge is -2.22. The van der Waals surface area contributed by atoms with Crippen molar-refractivity contribution in [3.8, 4) is 0 Å². The van der Waals surface area contributed by atoms with E-state index in [2.05, 4.69) is 0 Å². The molecule has 0 saturated carbocycles. The molecule has 0 spiro atoms. The number of hydrogen-bond donors (Lipinski definition) is 2. The van der Waals surface area contributed by atoms with Gasteiger partial charge in [0, 0.05) is 0 Å². The molecule has 0 radical (unpaired) electrons. The van der Waals surface area contributed by atoms with Crippen molar-refractivity contribution >= 4 is 27.6 Å². The number of amides is 1. The van der Waals surface area contributed by atoms with Gasteiger partial charge in [-0.25, -0.2) is 17.6 Å². The summed E-state index contributed by atoms with van der Waals surface area (Å²) in [6.45, 7) is 2.86. The molecule has 14 heteroatoms. The van der Waals surface area contributed by atoms with Gasteiger partial charge in [0.25, 0.3) is 5.91 Å². The van der Waals surface area contributed by atoms with Gasteiger partial charge >= 0.3 is 12.1 Å². The van der Waals surface area contributed by atoms with Crippen LogP contribution < -0.4 is 10.5 Å². The second kappa shape index (κ2) is 8.35. The van der Waals surface area contributed by atoms with E-state index in [0.717, 1.165) is 6.07 Å². The normalized spacial score (nSPS) is 19.9. The van der Waals surface area contributed by atoms with Crippen LogP contribution in [0.15, 0.2) is 18.2 Å². The highest BCUT2D eigenvalue weighted by Crippen LogP contribution is 2.27. The topological polar surface area (TPSA) is 134 Å². The predicted molar refractivity (Wildman–Crippen MR) is 93.2 cm³/mol. The zero-order chi connectivity index (χ0) is 22.9. The largest absolute Gasteiger partial charge is 0.446 e. The molecule has 9 nitrogen and oxygen atoms in total. The number of hydrogen-bond acceptors (Lipinski definition) is 7. The Morgan fingerprint density at radius 3 is 2.50 bits per heavy atom. The number of ether oxygens (including phenoxy) is 3. The summed E-state index contributed by atoms with van der Waals surface area (Å²) < 4.78 is 91.4. The minimum absolute atomic E-state index is 0.178. The zero-order valence-corrected chi connectivity index (χ0v) is 16.5. The Hall–Kier alpha value is -2.45. The van der Waals surface area contributed by atoms with Crippen molar-refractivity contribution in [1.82, 2.24) is 0 Å². The lowest BCUT2D eigenvalue weighted by atomic mass is 10.1. The van der Waals surface area contributed by atoms with E-state index in [1.807, 2.05) is 0 Å². The summed E-state index contributed by atoms with van der Waals surface area (Å²) in [6.07, 6.45) is -7.86. The zero-order valence-electron chi connectivity index (χ0n) is 15.7. The fourth-order valence-corrected chi connectivity index (χ4v) is 3.57. The van der Waals surface area contributed by atoms with Gasteiger partial charge in [0.1, 0.15) is 11.9 Å². The number of nitrogens with two attached hydrogens (primary N) is 1. The first kappa shape index (κ1) is 23.8. The van der Waals surface area contributed by atoms with Crippen LogP contribution in [-0.4, -0.2) is 56.8 Å². The van der Waals surface area contributed by atoms with Crippen LogP contribution in [0.1, 0.15) is 24.2 Å². The van der Waals surface area contributed by atoms with Gasteiger partial charge in [-0.2, -0.15) is 13.2 Å². The molecule has 0 aromatic heterocycles. The Kier molecular flexibility index (Phi) is 6.63. The number of rotatable bonds is 7. The monoisotopic (exact) mass is 458 g/mol. The lowest BCUT2D eigenvalue weighted by molar-refractivity contribution is -0.158. The van der Waals surface area contributed by atoms with Crippen LogP contribution in [0, 0.1) is 5.82 Å². The Balaban J connectivity index is 2.28. The van der Waals surface area contributed by atoms with Crippen LogP contribution in [0.25, 0.3) is 0 Å². The molecular weight excluding hydrogens is 440 g/mol. The van der Waals surface area contributed by atoms with Gasteiger partial charge in [-0.15, -0.1) is 0 Å². The van der Waals surface area contributed by atoms with Crippen molar-refractivity contribution in [2.75, 3.05) is 17.1 Å². The number of carbonyl (C=O) groups is 2. The Morgan fingerprint density at radius 2 is 2.00 bits per heavy atom. The standard InChI is InChI=1S/C16H18F4N2O7S/c1-15(2)27-6-11(29-15)12(13(21)23)28-14(24)9-5-8(17)3-4-10(9)22-30(25,26)7-16(18,19)20/h3-5,11-12,22H,6-7H2,1-2H3,(H2,21,23). The molecule has 30 heavy (non-hydrogen) atoms. The van der Waals surface area contributed by atoms with Crippen molar-refractivity contribution in [2.45, 2.75) is 38.0 Å². The van der Waals surface area contributed by atoms with E-state index in [1.165, 1.54) is 13.8 Å². The Morgan fingerprint density at radius 1 is 1.37 bits per heavy atom. The number of primary amides is 1. The number of halogens is 4. The molecule has 0 bridgehead atoms. The van der Waals surface area contributed by atoms with Gasteiger partial charge in [0.05, 0.1) is 17.9 Å². The number of anilines is 1. The molecule has 1 aliphatic heterocycles. The maximum Gasteiger partial charge on any atom is 0.404 e. The molecule has 1 aromatic rings. The summed E-state index contributed by atoms with van der Waals surface area (Å²) in [5.74, 6) is -6.92. The van der Waals surface area contributed by atoms with E-state index in [1.54, 1.807) is 4.72 Å². The number of esters is 1. The lowest BCUT2D eigenvalue weighted by Crippen LogP contribution is -2.44. The molecule has 0 aliphatic carbocycles. The van der Waals surface area contributed by atoms with Crippen LogP contribution >= 0.6 is 0 Å². The summed E-state index contributed by atoms with van der Waals surface area (Å²) in [7, 11) is -4.98. The average molecular weight is 458 g/mol. The molecule has 1 saturated heterocycles. The molecule has 1 aromatic carbocycles. The molecule has 168 valence electrons. The first-order valence-electron chi connectivity index (χ1n) is 8.27. The Bertz CT molecular complexity index is 934. The quantitative estimate of drug-likeness (QED) is 0.465. The maximum atomic E-state index is 13.6. The highest BCUT2D eigenvalue weighted by Gasteiger charge is 2.42. The minimum Gasteiger partial charge on any atom is -0.446 e. The molecule has 2 rings (SSSR count). The fourth-order valence-electron chi connectivity index (χ4n) is 2.55. The van der Waals surface area contributed by atoms with Gasteiger partial charge in [0.15, 0.2) is 11.5 Å². The van der Waals surface area contributed by atoms with E-state index in [9.17, 15) is 35.6 Å². The highest BCUT2D eigenvalue weighted by atomic mass is 32.2. The second-order valence-electron chi connectivity index (χ2n) is 6.76. The number of nitrogens with one attached hydrogen (secondary N) is 1. The van der Waals surface area contributed by atoms with Crippen LogP contribution in [0.5, 0.6) is 0 Å². The first-order chi connectivity index (χ1) is 13.6.